The van der Waals surface area contributed by atoms with Crippen molar-refractivity contribution >= 4 is 23.5 Å². The van der Waals surface area contributed by atoms with Gasteiger partial charge in [-0.25, -0.2) is 0 Å². The topological polar surface area (TPSA) is 66.4 Å². The number of halogens is 1. The zero-order chi connectivity index (χ0) is 16.0. The first-order chi connectivity index (χ1) is 9.83. The van der Waals surface area contributed by atoms with Crippen molar-refractivity contribution in [3.63, 3.8) is 0 Å². The first-order valence-electron chi connectivity index (χ1n) is 7.13. The monoisotopic (exact) mass is 311 g/mol. The van der Waals surface area contributed by atoms with E-state index in [1.165, 1.54) is 0 Å². The van der Waals surface area contributed by atoms with Gasteiger partial charge < -0.3 is 10.4 Å². The Morgan fingerprint density at radius 2 is 1.95 bits per heavy atom. The highest BCUT2D eigenvalue weighted by Crippen LogP contribution is 2.24. The zero-order valence-electron chi connectivity index (χ0n) is 12.6. The van der Waals surface area contributed by atoms with Crippen molar-refractivity contribution in [3.8, 4) is 0 Å². The largest absolute Gasteiger partial charge is 0.481 e. The summed E-state index contributed by atoms with van der Waals surface area (Å²) in [5, 5.41) is 12.5. The highest BCUT2D eigenvalue weighted by Gasteiger charge is 2.32. The normalized spacial score (nSPS) is 12.8. The summed E-state index contributed by atoms with van der Waals surface area (Å²) in [6, 6.07) is 7.14. The Balaban J connectivity index is 2.89. The van der Waals surface area contributed by atoms with Gasteiger partial charge in [-0.15, -0.1) is 0 Å². The van der Waals surface area contributed by atoms with Gasteiger partial charge in [-0.2, -0.15) is 0 Å². The minimum absolute atomic E-state index is 0.0754. The molecule has 1 unspecified atom stereocenters. The number of carbonyl (C=O) groups is 2. The molecule has 116 valence electrons. The second kappa shape index (κ2) is 7.46. The molecule has 1 aromatic carbocycles. The fraction of sp³-hybridized carbons (Fsp3) is 0.500. The molecule has 2 N–H and O–H groups in total. The van der Waals surface area contributed by atoms with Gasteiger partial charge in [-0.1, -0.05) is 37.6 Å². The molecule has 1 atom stereocenters. The van der Waals surface area contributed by atoms with Crippen LogP contribution in [0.3, 0.4) is 0 Å². The van der Waals surface area contributed by atoms with Gasteiger partial charge in [0.25, 0.3) is 0 Å². The van der Waals surface area contributed by atoms with Crippen molar-refractivity contribution in [1.29, 1.82) is 0 Å². The molecule has 21 heavy (non-hydrogen) atoms. The van der Waals surface area contributed by atoms with Crippen LogP contribution in [0.25, 0.3) is 0 Å². The third-order valence-electron chi connectivity index (χ3n) is 3.97. The highest BCUT2D eigenvalue weighted by molar-refractivity contribution is 6.30. The summed E-state index contributed by atoms with van der Waals surface area (Å²) in [7, 11) is 0. The predicted molar refractivity (Wildman–Crippen MR) is 83.6 cm³/mol. The number of carboxylic acid groups (broad SMARTS) is 1. The van der Waals surface area contributed by atoms with Gasteiger partial charge in [0.1, 0.15) is 0 Å². The molecule has 0 radical (unpaired) electrons. The Hall–Kier alpha value is -1.55. The fourth-order valence-corrected chi connectivity index (χ4v) is 2.51. The van der Waals surface area contributed by atoms with Crippen LogP contribution in [-0.4, -0.2) is 22.5 Å². The maximum absolute atomic E-state index is 12.4. The summed E-state index contributed by atoms with van der Waals surface area (Å²) in [5.74, 6) is -1.47. The quantitative estimate of drug-likeness (QED) is 0.808. The van der Waals surface area contributed by atoms with E-state index in [1.807, 2.05) is 19.9 Å². The Bertz CT molecular complexity index is 512. The number of carboxylic acids is 1. The molecule has 0 spiro atoms. The van der Waals surface area contributed by atoms with Crippen LogP contribution in [0, 0.1) is 0 Å². The lowest BCUT2D eigenvalue weighted by atomic mass is 9.87. The molecule has 0 aliphatic heterocycles. The average Bonchev–Trinajstić information content (AvgIpc) is 2.45. The number of nitrogens with one attached hydrogen (secondary N) is 1. The summed E-state index contributed by atoms with van der Waals surface area (Å²) in [5.41, 5.74) is 0.117. The van der Waals surface area contributed by atoms with E-state index in [0.29, 0.717) is 17.9 Å². The lowest BCUT2D eigenvalue weighted by Gasteiger charge is -2.32. The Morgan fingerprint density at radius 1 is 1.33 bits per heavy atom. The maximum atomic E-state index is 12.4. The molecule has 5 heteroatoms. The Kier molecular flexibility index (Phi) is 6.21. The molecular weight excluding hydrogens is 290 g/mol. The molecule has 0 aromatic heterocycles. The van der Waals surface area contributed by atoms with Crippen molar-refractivity contribution in [2.75, 3.05) is 0 Å². The summed E-state index contributed by atoms with van der Waals surface area (Å²) in [6.45, 7) is 5.56. The molecule has 0 saturated carbocycles. The Labute approximate surface area is 130 Å². The van der Waals surface area contributed by atoms with Crippen LogP contribution >= 0.6 is 11.6 Å². The molecular formula is C16H22ClNO3. The van der Waals surface area contributed by atoms with Crippen LogP contribution in [0.4, 0.5) is 0 Å². The summed E-state index contributed by atoms with van der Waals surface area (Å²) < 4.78 is 0. The molecule has 0 bridgehead atoms. The lowest BCUT2D eigenvalue weighted by molar-refractivity contribution is -0.139. The van der Waals surface area contributed by atoms with E-state index in [1.54, 1.807) is 25.1 Å². The minimum Gasteiger partial charge on any atom is -0.481 e. The molecule has 1 rings (SSSR count). The molecule has 4 nitrogen and oxygen atoms in total. The average molecular weight is 312 g/mol. The van der Waals surface area contributed by atoms with Crippen molar-refractivity contribution in [2.45, 2.75) is 51.5 Å². The van der Waals surface area contributed by atoms with E-state index in [0.717, 1.165) is 5.56 Å². The van der Waals surface area contributed by atoms with Gasteiger partial charge in [0.15, 0.2) is 0 Å². The fourth-order valence-electron chi connectivity index (χ4n) is 2.31. The van der Waals surface area contributed by atoms with Crippen LogP contribution < -0.4 is 5.32 Å². The third-order valence-corrected chi connectivity index (χ3v) is 4.21. The van der Waals surface area contributed by atoms with Crippen LogP contribution in [0.5, 0.6) is 0 Å². The summed E-state index contributed by atoms with van der Waals surface area (Å²) in [6.07, 6.45) is 1.07. The number of aliphatic carboxylic acids is 1. The number of amides is 1. The van der Waals surface area contributed by atoms with Crippen LogP contribution in [0.2, 0.25) is 5.02 Å². The minimum atomic E-state index is -0.908. The van der Waals surface area contributed by atoms with Crippen molar-refractivity contribution in [3.05, 3.63) is 34.9 Å². The molecule has 0 aliphatic rings. The number of hydrogen-bond donors (Lipinski definition) is 2. The molecule has 1 amide bonds. The number of rotatable bonds is 7. The molecule has 0 fully saturated rings. The first-order valence-corrected chi connectivity index (χ1v) is 7.50. The Morgan fingerprint density at radius 3 is 2.43 bits per heavy atom. The van der Waals surface area contributed by atoms with Crippen molar-refractivity contribution < 1.29 is 14.7 Å². The standard InChI is InChI=1S/C16H22ClNO3/c1-4-16(5-2,10-14(19)20)18-15(21)11(3)12-7-6-8-13(17)9-12/h6-9,11H,4-5,10H2,1-3H3,(H,18,21)(H,19,20). The number of hydrogen-bond acceptors (Lipinski definition) is 2. The van der Waals surface area contributed by atoms with Crippen LogP contribution in [0.1, 0.15) is 51.5 Å². The molecule has 0 heterocycles. The van der Waals surface area contributed by atoms with Gasteiger partial charge in [-0.3, -0.25) is 9.59 Å². The third kappa shape index (κ3) is 4.74. The highest BCUT2D eigenvalue weighted by atomic mass is 35.5. The van der Waals surface area contributed by atoms with Gasteiger partial charge in [-0.05, 0) is 37.5 Å². The second-order valence-corrected chi connectivity index (χ2v) is 5.76. The van der Waals surface area contributed by atoms with Crippen molar-refractivity contribution in [1.82, 2.24) is 5.32 Å². The van der Waals surface area contributed by atoms with Gasteiger partial charge >= 0.3 is 5.97 Å². The van der Waals surface area contributed by atoms with E-state index >= 15 is 0 Å². The maximum Gasteiger partial charge on any atom is 0.305 e. The smallest absolute Gasteiger partial charge is 0.305 e. The van der Waals surface area contributed by atoms with Crippen LogP contribution in [-0.2, 0) is 9.59 Å². The number of benzene rings is 1. The molecule has 0 saturated heterocycles. The van der Waals surface area contributed by atoms with E-state index in [-0.39, 0.29) is 18.2 Å². The summed E-state index contributed by atoms with van der Waals surface area (Å²) >= 11 is 5.94. The van der Waals surface area contributed by atoms with E-state index in [4.69, 9.17) is 16.7 Å². The van der Waals surface area contributed by atoms with Crippen LogP contribution in [0.15, 0.2) is 24.3 Å². The van der Waals surface area contributed by atoms with Gasteiger partial charge in [0.2, 0.25) is 5.91 Å². The molecule has 0 aliphatic carbocycles. The van der Waals surface area contributed by atoms with E-state index < -0.39 is 11.5 Å². The zero-order valence-corrected chi connectivity index (χ0v) is 13.4. The first kappa shape index (κ1) is 17.5. The summed E-state index contributed by atoms with van der Waals surface area (Å²) in [4.78, 5) is 23.5. The van der Waals surface area contributed by atoms with E-state index in [2.05, 4.69) is 5.32 Å². The predicted octanol–water partition coefficient (Wildman–Crippen LogP) is 3.59. The molecule has 1 aromatic rings. The van der Waals surface area contributed by atoms with Gasteiger partial charge in [0, 0.05) is 10.6 Å². The number of carbonyl (C=O) groups excluding carboxylic acids is 1. The van der Waals surface area contributed by atoms with Crippen molar-refractivity contribution in [2.24, 2.45) is 0 Å². The second-order valence-electron chi connectivity index (χ2n) is 5.32. The van der Waals surface area contributed by atoms with Gasteiger partial charge in [0.05, 0.1) is 12.3 Å². The SMILES string of the molecule is CCC(CC)(CC(=O)O)NC(=O)C(C)c1cccc(Cl)c1. The van der Waals surface area contributed by atoms with E-state index in [9.17, 15) is 9.59 Å². The lowest BCUT2D eigenvalue weighted by Crippen LogP contribution is -2.50.